The van der Waals surface area contributed by atoms with E-state index in [2.05, 4.69) is 27.7 Å². The van der Waals surface area contributed by atoms with Crippen molar-refractivity contribution in [2.75, 3.05) is 26.2 Å². The maximum Gasteiger partial charge on any atom is 0.416 e. The van der Waals surface area contributed by atoms with Crippen LogP contribution in [-0.4, -0.2) is 51.4 Å². The minimum absolute atomic E-state index is 0.241. The summed E-state index contributed by atoms with van der Waals surface area (Å²) in [4.78, 5) is 21.7. The number of piperazine rings is 1. The number of para-hydroxylation sites is 2. The number of hydrogen-bond donors (Lipinski definition) is 0. The summed E-state index contributed by atoms with van der Waals surface area (Å²) in [5, 5.41) is 0. The van der Waals surface area contributed by atoms with E-state index in [1.807, 2.05) is 36.4 Å². The van der Waals surface area contributed by atoms with Crippen LogP contribution in [0.5, 0.6) is 0 Å². The first-order valence-corrected chi connectivity index (χ1v) is 11.6. The van der Waals surface area contributed by atoms with Gasteiger partial charge in [0.25, 0.3) is 5.91 Å². The number of carbonyl (C=O) groups is 1. The molecule has 8 heteroatoms. The number of alkyl halides is 3. The Bertz CT molecular complexity index is 1310. The number of halogens is 3. The fourth-order valence-electron chi connectivity index (χ4n) is 4.48. The fraction of sp³-hybridized carbons (Fsp3) is 0.259. The highest BCUT2D eigenvalue weighted by molar-refractivity contribution is 5.94. The van der Waals surface area contributed by atoms with Crippen LogP contribution in [0.1, 0.15) is 27.3 Å². The molecule has 3 aromatic carbocycles. The fourth-order valence-corrected chi connectivity index (χ4v) is 4.48. The zero-order chi connectivity index (χ0) is 24.4. The van der Waals surface area contributed by atoms with Gasteiger partial charge in [-0.2, -0.15) is 13.2 Å². The molecule has 5 nitrogen and oxygen atoms in total. The largest absolute Gasteiger partial charge is 0.416 e. The van der Waals surface area contributed by atoms with Crippen molar-refractivity contribution in [1.29, 1.82) is 0 Å². The third-order valence-corrected chi connectivity index (χ3v) is 6.40. The standard InChI is InChI=1S/C27H25F3N4O/c28-27(29,30)22-12-10-21(11-13-22)26(35)33-16-14-32(15-17-33)19-25-31-23-8-4-5-9-24(23)34(25)18-20-6-2-1-3-7-20/h1-13H,14-19H2. The summed E-state index contributed by atoms with van der Waals surface area (Å²) in [6, 6.07) is 22.8. The zero-order valence-corrected chi connectivity index (χ0v) is 19.1. The van der Waals surface area contributed by atoms with Gasteiger partial charge in [0.1, 0.15) is 5.82 Å². The minimum atomic E-state index is -4.41. The number of hydrogen-bond acceptors (Lipinski definition) is 3. The molecule has 1 saturated heterocycles. The molecular formula is C27H25F3N4O. The molecule has 0 unspecified atom stereocenters. The van der Waals surface area contributed by atoms with Crippen LogP contribution in [-0.2, 0) is 19.3 Å². The van der Waals surface area contributed by atoms with Crippen molar-refractivity contribution in [3.63, 3.8) is 0 Å². The van der Waals surface area contributed by atoms with Crippen LogP contribution in [0, 0.1) is 0 Å². The van der Waals surface area contributed by atoms with Crippen molar-refractivity contribution >= 4 is 16.9 Å². The quantitative estimate of drug-likeness (QED) is 0.403. The topological polar surface area (TPSA) is 41.4 Å². The van der Waals surface area contributed by atoms with E-state index in [4.69, 9.17) is 4.98 Å². The predicted octanol–water partition coefficient (Wildman–Crippen LogP) is 5.06. The zero-order valence-electron chi connectivity index (χ0n) is 19.1. The third kappa shape index (κ3) is 5.07. The summed E-state index contributed by atoms with van der Waals surface area (Å²) < 4.78 is 40.7. The second-order valence-corrected chi connectivity index (χ2v) is 8.73. The molecule has 1 amide bonds. The van der Waals surface area contributed by atoms with Gasteiger partial charge in [0.05, 0.1) is 23.1 Å². The van der Waals surface area contributed by atoms with Gasteiger partial charge in [-0.05, 0) is 42.0 Å². The molecule has 0 spiro atoms. The van der Waals surface area contributed by atoms with Gasteiger partial charge in [0.15, 0.2) is 0 Å². The van der Waals surface area contributed by atoms with Crippen LogP contribution in [0.25, 0.3) is 11.0 Å². The molecule has 0 aliphatic carbocycles. The first kappa shape index (κ1) is 23.1. The molecule has 0 bridgehead atoms. The van der Waals surface area contributed by atoms with E-state index in [0.717, 1.165) is 35.5 Å². The van der Waals surface area contributed by atoms with E-state index in [1.54, 1.807) is 4.90 Å². The normalized spacial score (nSPS) is 15.0. The van der Waals surface area contributed by atoms with Gasteiger partial charge in [0, 0.05) is 38.3 Å². The first-order chi connectivity index (χ1) is 16.9. The van der Waals surface area contributed by atoms with Gasteiger partial charge in [-0.25, -0.2) is 4.98 Å². The van der Waals surface area contributed by atoms with Crippen molar-refractivity contribution in [3.05, 3.63) is 101 Å². The maximum absolute atomic E-state index is 12.8. The number of carbonyl (C=O) groups excluding carboxylic acids is 1. The summed E-state index contributed by atoms with van der Waals surface area (Å²) >= 11 is 0. The third-order valence-electron chi connectivity index (χ3n) is 6.40. The Morgan fingerprint density at radius 2 is 1.46 bits per heavy atom. The lowest BCUT2D eigenvalue weighted by atomic mass is 10.1. The Kier molecular flexibility index (Phi) is 6.30. The number of fused-ring (bicyclic) bond motifs is 1. The smallest absolute Gasteiger partial charge is 0.336 e. The summed E-state index contributed by atoms with van der Waals surface area (Å²) in [6.07, 6.45) is -4.41. The molecule has 1 aliphatic heterocycles. The Hall–Kier alpha value is -3.65. The first-order valence-electron chi connectivity index (χ1n) is 11.6. The SMILES string of the molecule is O=C(c1ccc(C(F)(F)F)cc1)N1CCN(Cc2nc3ccccc3n2Cc2ccccc2)CC1. The van der Waals surface area contributed by atoms with Crippen molar-refractivity contribution < 1.29 is 18.0 Å². The van der Waals surface area contributed by atoms with Gasteiger partial charge in [-0.15, -0.1) is 0 Å². The van der Waals surface area contributed by atoms with Crippen LogP contribution in [0.15, 0.2) is 78.9 Å². The van der Waals surface area contributed by atoms with Gasteiger partial charge in [0.2, 0.25) is 0 Å². The molecule has 1 fully saturated rings. The van der Waals surface area contributed by atoms with E-state index in [1.165, 1.54) is 17.7 Å². The highest BCUT2D eigenvalue weighted by Gasteiger charge is 2.31. The second kappa shape index (κ2) is 9.54. The summed E-state index contributed by atoms with van der Waals surface area (Å²) in [5.41, 5.74) is 2.76. The molecule has 0 N–H and O–H groups in total. The lowest BCUT2D eigenvalue weighted by Crippen LogP contribution is -2.48. The van der Waals surface area contributed by atoms with Crippen LogP contribution in [0.2, 0.25) is 0 Å². The van der Waals surface area contributed by atoms with Crippen molar-refractivity contribution in [2.45, 2.75) is 19.3 Å². The second-order valence-electron chi connectivity index (χ2n) is 8.73. The minimum Gasteiger partial charge on any atom is -0.336 e. The Morgan fingerprint density at radius 3 is 2.14 bits per heavy atom. The van der Waals surface area contributed by atoms with Gasteiger partial charge in [-0.1, -0.05) is 42.5 Å². The molecular weight excluding hydrogens is 453 g/mol. The monoisotopic (exact) mass is 478 g/mol. The Balaban J connectivity index is 1.26. The van der Waals surface area contributed by atoms with E-state index in [-0.39, 0.29) is 11.5 Å². The number of aromatic nitrogens is 2. The predicted molar refractivity (Wildman–Crippen MR) is 128 cm³/mol. The van der Waals surface area contributed by atoms with Crippen LogP contribution >= 0.6 is 0 Å². The maximum atomic E-state index is 12.8. The molecule has 4 aromatic rings. The van der Waals surface area contributed by atoms with Crippen LogP contribution < -0.4 is 0 Å². The molecule has 0 atom stereocenters. The molecule has 0 saturated carbocycles. The summed E-state index contributed by atoms with van der Waals surface area (Å²) in [6.45, 7) is 3.74. The van der Waals surface area contributed by atoms with E-state index in [9.17, 15) is 18.0 Å². The molecule has 5 rings (SSSR count). The van der Waals surface area contributed by atoms with E-state index >= 15 is 0 Å². The Morgan fingerprint density at radius 1 is 0.800 bits per heavy atom. The average Bonchev–Trinajstić information content (AvgIpc) is 3.21. The Labute approximate surface area is 201 Å². The number of nitrogens with zero attached hydrogens (tertiary/aromatic N) is 4. The average molecular weight is 479 g/mol. The number of rotatable bonds is 5. The number of amides is 1. The number of imidazole rings is 1. The molecule has 2 heterocycles. The van der Waals surface area contributed by atoms with E-state index in [0.29, 0.717) is 32.7 Å². The molecule has 0 radical (unpaired) electrons. The van der Waals surface area contributed by atoms with Crippen molar-refractivity contribution in [1.82, 2.24) is 19.4 Å². The number of benzene rings is 3. The lowest BCUT2D eigenvalue weighted by Gasteiger charge is -2.34. The molecule has 180 valence electrons. The molecule has 1 aliphatic rings. The molecule has 35 heavy (non-hydrogen) atoms. The highest BCUT2D eigenvalue weighted by Crippen LogP contribution is 2.29. The van der Waals surface area contributed by atoms with Crippen LogP contribution in [0.3, 0.4) is 0 Å². The van der Waals surface area contributed by atoms with Gasteiger partial charge >= 0.3 is 6.18 Å². The lowest BCUT2D eigenvalue weighted by molar-refractivity contribution is -0.137. The van der Waals surface area contributed by atoms with Gasteiger partial charge < -0.3 is 9.47 Å². The van der Waals surface area contributed by atoms with Crippen LogP contribution in [0.4, 0.5) is 13.2 Å². The summed E-state index contributed by atoms with van der Waals surface area (Å²) in [5.74, 6) is 0.729. The van der Waals surface area contributed by atoms with Gasteiger partial charge in [-0.3, -0.25) is 9.69 Å². The van der Waals surface area contributed by atoms with E-state index < -0.39 is 11.7 Å². The van der Waals surface area contributed by atoms with Crippen molar-refractivity contribution in [3.8, 4) is 0 Å². The highest BCUT2D eigenvalue weighted by atomic mass is 19.4. The molecule has 1 aromatic heterocycles. The summed E-state index contributed by atoms with van der Waals surface area (Å²) in [7, 11) is 0. The van der Waals surface area contributed by atoms with Crippen molar-refractivity contribution in [2.24, 2.45) is 0 Å².